The molecule has 3 nitrogen and oxygen atoms in total. The first kappa shape index (κ1) is 30.3. The Bertz CT molecular complexity index is 2690. The van der Waals surface area contributed by atoms with Crippen molar-refractivity contribution in [3.8, 4) is 22.3 Å². The van der Waals surface area contributed by atoms with Gasteiger partial charge in [-0.25, -0.2) is 0 Å². The van der Waals surface area contributed by atoms with Gasteiger partial charge in [-0.2, -0.15) is 0 Å². The van der Waals surface area contributed by atoms with Gasteiger partial charge in [0.05, 0.1) is 11.1 Å². The Kier molecular flexibility index (Phi) is 7.35. The van der Waals surface area contributed by atoms with E-state index in [1.54, 1.807) is 0 Å². The molecule has 2 heterocycles. The minimum Gasteiger partial charge on any atom is -0.460 e. The standard InChI is InChI=1S/C49H35NO2/c1-3-13-34(14-4-1)37-29-33(30-38(31-37)35-15-5-2-6-16-35)32-50(43-20-12-24-47-49(43)42-18-8-10-22-45(42)52-47)39-27-25-36(26-28-39)40-19-11-23-46-48(40)41-17-7-9-21-44(41)51-46/h1-10,12-22,24-31H,11,23,32H2. The van der Waals surface area contributed by atoms with Gasteiger partial charge in [-0.05, 0) is 100.0 Å². The van der Waals surface area contributed by atoms with Crippen LogP contribution in [-0.2, 0) is 13.0 Å². The molecule has 0 spiro atoms. The predicted octanol–water partition coefficient (Wildman–Crippen LogP) is 13.4. The zero-order valence-electron chi connectivity index (χ0n) is 28.6. The molecule has 7 aromatic carbocycles. The van der Waals surface area contributed by atoms with Crippen LogP contribution in [0.15, 0.2) is 185 Å². The molecular weight excluding hydrogens is 635 g/mol. The summed E-state index contributed by atoms with van der Waals surface area (Å²) < 4.78 is 12.7. The molecule has 0 bridgehead atoms. The van der Waals surface area contributed by atoms with Crippen molar-refractivity contribution in [3.05, 3.63) is 198 Å². The molecule has 248 valence electrons. The van der Waals surface area contributed by atoms with Crippen LogP contribution < -0.4 is 4.90 Å². The van der Waals surface area contributed by atoms with Crippen molar-refractivity contribution in [2.75, 3.05) is 4.90 Å². The second kappa shape index (κ2) is 12.6. The molecule has 1 aliphatic carbocycles. The number of aryl methyl sites for hydroxylation is 1. The Morgan fingerprint density at radius 3 is 1.81 bits per heavy atom. The van der Waals surface area contributed by atoms with E-state index in [2.05, 4.69) is 169 Å². The molecular formula is C49H35NO2. The van der Waals surface area contributed by atoms with Gasteiger partial charge in [0.2, 0.25) is 0 Å². The maximum atomic E-state index is 6.40. The summed E-state index contributed by atoms with van der Waals surface area (Å²) in [6.07, 6.45) is 4.26. The maximum Gasteiger partial charge on any atom is 0.137 e. The average molecular weight is 670 g/mol. The fourth-order valence-electron chi connectivity index (χ4n) is 7.96. The van der Waals surface area contributed by atoms with Gasteiger partial charge in [-0.15, -0.1) is 0 Å². The zero-order chi connectivity index (χ0) is 34.4. The lowest BCUT2D eigenvalue weighted by atomic mass is 9.89. The molecule has 52 heavy (non-hydrogen) atoms. The van der Waals surface area contributed by atoms with Crippen molar-refractivity contribution in [3.63, 3.8) is 0 Å². The maximum absolute atomic E-state index is 6.40. The van der Waals surface area contributed by atoms with Gasteiger partial charge < -0.3 is 13.7 Å². The Balaban J connectivity index is 1.12. The Morgan fingerprint density at radius 2 is 1.10 bits per heavy atom. The summed E-state index contributed by atoms with van der Waals surface area (Å²) in [5, 5.41) is 3.42. The Morgan fingerprint density at radius 1 is 0.481 bits per heavy atom. The minimum absolute atomic E-state index is 0.664. The number of benzene rings is 7. The van der Waals surface area contributed by atoms with Crippen LogP contribution in [0, 0.1) is 0 Å². The predicted molar refractivity (Wildman–Crippen MR) is 215 cm³/mol. The lowest BCUT2D eigenvalue weighted by Gasteiger charge is -2.27. The fourth-order valence-corrected chi connectivity index (χ4v) is 7.96. The lowest BCUT2D eigenvalue weighted by Crippen LogP contribution is -2.17. The smallest absolute Gasteiger partial charge is 0.137 e. The Labute approximate surface area is 302 Å². The van der Waals surface area contributed by atoms with Crippen LogP contribution in [-0.4, -0.2) is 0 Å². The summed E-state index contributed by atoms with van der Waals surface area (Å²) in [6.45, 7) is 0.664. The highest BCUT2D eigenvalue weighted by molar-refractivity contribution is 6.12. The van der Waals surface area contributed by atoms with Crippen LogP contribution in [0.3, 0.4) is 0 Å². The van der Waals surface area contributed by atoms with Gasteiger partial charge in [-0.3, -0.25) is 0 Å². The quantitative estimate of drug-likeness (QED) is 0.169. The fraction of sp³-hybridized carbons (Fsp3) is 0.0612. The van der Waals surface area contributed by atoms with Crippen LogP contribution in [0.5, 0.6) is 0 Å². The van der Waals surface area contributed by atoms with Crippen LogP contribution in [0.2, 0.25) is 0 Å². The molecule has 0 aliphatic heterocycles. The van der Waals surface area contributed by atoms with Gasteiger partial charge in [0.1, 0.15) is 22.5 Å². The number of para-hydroxylation sites is 2. The molecule has 0 amide bonds. The van der Waals surface area contributed by atoms with Crippen molar-refractivity contribution in [1.82, 2.24) is 0 Å². The highest BCUT2D eigenvalue weighted by atomic mass is 16.3. The van der Waals surface area contributed by atoms with E-state index < -0.39 is 0 Å². The van der Waals surface area contributed by atoms with Gasteiger partial charge in [0, 0.05) is 35.0 Å². The summed E-state index contributed by atoms with van der Waals surface area (Å²) in [6, 6.07) is 60.6. The summed E-state index contributed by atoms with van der Waals surface area (Å²) in [4.78, 5) is 2.45. The summed E-state index contributed by atoms with van der Waals surface area (Å²) in [7, 11) is 0. The number of furan rings is 2. The van der Waals surface area contributed by atoms with E-state index in [1.807, 2.05) is 12.1 Å². The molecule has 0 atom stereocenters. The second-order valence-electron chi connectivity index (χ2n) is 13.6. The molecule has 9 aromatic rings. The Hall–Kier alpha value is -6.58. The molecule has 1 aliphatic rings. The third-order valence-electron chi connectivity index (χ3n) is 10.4. The van der Waals surface area contributed by atoms with E-state index in [-0.39, 0.29) is 0 Å². The molecule has 0 fully saturated rings. The van der Waals surface area contributed by atoms with Crippen LogP contribution in [0.25, 0.3) is 60.7 Å². The monoisotopic (exact) mass is 669 g/mol. The van der Waals surface area contributed by atoms with E-state index in [4.69, 9.17) is 8.83 Å². The summed E-state index contributed by atoms with van der Waals surface area (Å²) >= 11 is 0. The number of fused-ring (bicyclic) bond motifs is 6. The first-order valence-corrected chi connectivity index (χ1v) is 18.0. The molecule has 3 heteroatoms. The van der Waals surface area contributed by atoms with Gasteiger partial charge in [0.25, 0.3) is 0 Å². The minimum atomic E-state index is 0.664. The second-order valence-corrected chi connectivity index (χ2v) is 13.6. The van der Waals surface area contributed by atoms with Crippen LogP contribution in [0.1, 0.15) is 28.9 Å². The normalized spacial score (nSPS) is 12.7. The van der Waals surface area contributed by atoms with Crippen molar-refractivity contribution >= 4 is 49.9 Å². The number of hydrogen-bond acceptors (Lipinski definition) is 3. The lowest BCUT2D eigenvalue weighted by molar-refractivity contribution is 0.545. The van der Waals surface area contributed by atoms with Crippen molar-refractivity contribution < 1.29 is 8.83 Å². The van der Waals surface area contributed by atoms with Crippen molar-refractivity contribution in [2.45, 2.75) is 19.4 Å². The molecule has 0 saturated heterocycles. The van der Waals surface area contributed by atoms with Crippen LogP contribution in [0.4, 0.5) is 11.4 Å². The highest BCUT2D eigenvalue weighted by Crippen LogP contribution is 2.42. The van der Waals surface area contributed by atoms with Gasteiger partial charge in [-0.1, -0.05) is 121 Å². The number of hydrogen-bond donors (Lipinski definition) is 0. The molecule has 10 rings (SSSR count). The summed E-state index contributed by atoms with van der Waals surface area (Å²) in [5.41, 5.74) is 14.7. The number of rotatable bonds is 7. The van der Waals surface area contributed by atoms with Gasteiger partial charge in [0.15, 0.2) is 0 Å². The number of nitrogens with zero attached hydrogens (tertiary/aromatic N) is 1. The number of anilines is 2. The topological polar surface area (TPSA) is 29.5 Å². The largest absolute Gasteiger partial charge is 0.460 e. The van der Waals surface area contributed by atoms with Crippen LogP contribution >= 0.6 is 0 Å². The van der Waals surface area contributed by atoms with E-state index in [0.717, 1.165) is 57.5 Å². The van der Waals surface area contributed by atoms with E-state index in [9.17, 15) is 0 Å². The van der Waals surface area contributed by atoms with E-state index >= 15 is 0 Å². The highest BCUT2D eigenvalue weighted by Gasteiger charge is 2.23. The molecule has 0 radical (unpaired) electrons. The first-order valence-electron chi connectivity index (χ1n) is 18.0. The third kappa shape index (κ3) is 5.30. The average Bonchev–Trinajstić information content (AvgIpc) is 3.79. The zero-order valence-corrected chi connectivity index (χ0v) is 28.6. The first-order chi connectivity index (χ1) is 25.8. The molecule has 2 aromatic heterocycles. The molecule has 0 unspecified atom stereocenters. The van der Waals surface area contributed by atoms with Crippen molar-refractivity contribution in [1.29, 1.82) is 0 Å². The third-order valence-corrected chi connectivity index (χ3v) is 10.4. The van der Waals surface area contributed by atoms with E-state index in [1.165, 1.54) is 49.9 Å². The molecule has 0 saturated carbocycles. The van der Waals surface area contributed by atoms with E-state index in [0.29, 0.717) is 6.54 Å². The SMILES string of the molecule is C1=C(c2ccc(N(Cc3cc(-c4ccccc4)cc(-c4ccccc4)c3)c3cccc4oc5ccccc5c34)cc2)c2c(oc3ccccc23)CC1. The van der Waals surface area contributed by atoms with Crippen molar-refractivity contribution in [2.24, 2.45) is 0 Å². The summed E-state index contributed by atoms with van der Waals surface area (Å²) in [5.74, 6) is 1.08. The van der Waals surface area contributed by atoms with Gasteiger partial charge >= 0.3 is 0 Å². The molecule has 0 N–H and O–H groups in total. The number of allylic oxidation sites excluding steroid dienone is 1.